The van der Waals surface area contributed by atoms with Crippen molar-refractivity contribution in [2.45, 2.75) is 51.7 Å². The molecule has 0 spiro atoms. The second-order valence-electron chi connectivity index (χ2n) is 9.56. The summed E-state index contributed by atoms with van der Waals surface area (Å²) >= 11 is 0. The van der Waals surface area contributed by atoms with E-state index in [0.29, 0.717) is 35.2 Å². The summed E-state index contributed by atoms with van der Waals surface area (Å²) in [7, 11) is 1.58. The zero-order valence-electron chi connectivity index (χ0n) is 20.7. The second-order valence-corrected chi connectivity index (χ2v) is 9.56. The van der Waals surface area contributed by atoms with Crippen molar-refractivity contribution in [3.8, 4) is 11.5 Å². The molecule has 1 saturated carbocycles. The smallest absolute Gasteiger partial charge is 0.255 e. The zero-order valence-corrected chi connectivity index (χ0v) is 20.7. The topological polar surface area (TPSA) is 97.0 Å². The lowest BCUT2D eigenvalue weighted by Gasteiger charge is -2.24. The van der Waals surface area contributed by atoms with Gasteiger partial charge in [-0.2, -0.15) is 0 Å². The van der Waals surface area contributed by atoms with Crippen LogP contribution in [0.25, 0.3) is 0 Å². The van der Waals surface area contributed by atoms with Crippen LogP contribution in [-0.2, 0) is 9.59 Å². The molecule has 4 rings (SSSR count). The van der Waals surface area contributed by atoms with Gasteiger partial charge >= 0.3 is 0 Å². The Morgan fingerprint density at radius 2 is 1.83 bits per heavy atom. The number of carbonyl (C=O) groups is 3. The van der Waals surface area contributed by atoms with Crippen LogP contribution in [-0.4, -0.2) is 48.9 Å². The molecule has 1 heterocycles. The third-order valence-corrected chi connectivity index (χ3v) is 6.25. The molecule has 1 aliphatic carbocycles. The van der Waals surface area contributed by atoms with Gasteiger partial charge in [0.25, 0.3) is 5.91 Å². The summed E-state index contributed by atoms with van der Waals surface area (Å²) in [6.45, 7) is 6.41. The summed E-state index contributed by atoms with van der Waals surface area (Å²) in [6.07, 6.45) is 1.79. The molecule has 8 heteroatoms. The molecule has 8 nitrogen and oxygen atoms in total. The van der Waals surface area contributed by atoms with E-state index in [2.05, 4.69) is 24.5 Å². The fraction of sp³-hybridized carbons (Fsp3) is 0.444. The van der Waals surface area contributed by atoms with Gasteiger partial charge in [-0.1, -0.05) is 38.1 Å². The van der Waals surface area contributed by atoms with Crippen LogP contribution in [0.1, 0.15) is 67.2 Å². The van der Waals surface area contributed by atoms with E-state index < -0.39 is 6.04 Å². The predicted octanol–water partition coefficient (Wildman–Crippen LogP) is 3.38. The van der Waals surface area contributed by atoms with Crippen LogP contribution in [0, 0.1) is 5.92 Å². The molecule has 1 aliphatic heterocycles. The Balaban J connectivity index is 1.36. The van der Waals surface area contributed by atoms with Crippen LogP contribution in [0.4, 0.5) is 0 Å². The van der Waals surface area contributed by atoms with Crippen LogP contribution in [0.3, 0.4) is 0 Å². The van der Waals surface area contributed by atoms with Gasteiger partial charge in [0.2, 0.25) is 11.8 Å². The van der Waals surface area contributed by atoms with E-state index in [0.717, 1.165) is 18.4 Å². The van der Waals surface area contributed by atoms with E-state index in [1.165, 1.54) is 0 Å². The summed E-state index contributed by atoms with van der Waals surface area (Å²) in [4.78, 5) is 40.2. The molecule has 0 radical (unpaired) electrons. The Morgan fingerprint density at radius 1 is 1.09 bits per heavy atom. The number of benzene rings is 2. The van der Waals surface area contributed by atoms with E-state index >= 15 is 0 Å². The molecule has 2 N–H and O–H groups in total. The van der Waals surface area contributed by atoms with Gasteiger partial charge in [0.15, 0.2) is 11.5 Å². The quantitative estimate of drug-likeness (QED) is 0.545. The van der Waals surface area contributed by atoms with Crippen molar-refractivity contribution < 1.29 is 23.9 Å². The maximum atomic E-state index is 13.1. The highest BCUT2D eigenvalue weighted by molar-refractivity contribution is 6.05. The molecule has 2 aliphatic rings. The molecule has 0 bridgehead atoms. The van der Waals surface area contributed by atoms with Crippen LogP contribution in [0.5, 0.6) is 11.5 Å². The summed E-state index contributed by atoms with van der Waals surface area (Å²) < 4.78 is 11.2. The van der Waals surface area contributed by atoms with Gasteiger partial charge in [0.05, 0.1) is 26.3 Å². The number of fused-ring (bicyclic) bond motifs is 1. The van der Waals surface area contributed by atoms with E-state index in [9.17, 15) is 14.4 Å². The Hall–Kier alpha value is -3.55. The van der Waals surface area contributed by atoms with Crippen molar-refractivity contribution in [2.24, 2.45) is 5.92 Å². The van der Waals surface area contributed by atoms with Crippen molar-refractivity contribution in [3.05, 3.63) is 59.2 Å². The van der Waals surface area contributed by atoms with Crippen molar-refractivity contribution in [1.29, 1.82) is 0 Å². The first kappa shape index (κ1) is 24.6. The minimum atomic E-state index is -0.695. The van der Waals surface area contributed by atoms with E-state index in [1.807, 2.05) is 37.3 Å². The molecule has 3 amide bonds. The van der Waals surface area contributed by atoms with Crippen molar-refractivity contribution in [3.63, 3.8) is 0 Å². The van der Waals surface area contributed by atoms with Gasteiger partial charge in [-0.3, -0.25) is 14.4 Å². The molecule has 2 aromatic rings. The maximum Gasteiger partial charge on any atom is 0.255 e. The van der Waals surface area contributed by atoms with Crippen molar-refractivity contribution in [2.75, 3.05) is 20.3 Å². The Kier molecular flexibility index (Phi) is 7.28. The number of hydrogen-bond donors (Lipinski definition) is 2. The molecule has 2 unspecified atom stereocenters. The molecule has 1 fully saturated rings. The Morgan fingerprint density at radius 3 is 2.51 bits per heavy atom. The van der Waals surface area contributed by atoms with Gasteiger partial charge < -0.3 is 25.0 Å². The lowest BCUT2D eigenvalue weighted by atomic mass is 10.0. The van der Waals surface area contributed by atoms with Gasteiger partial charge in [0, 0.05) is 11.6 Å². The van der Waals surface area contributed by atoms with Gasteiger partial charge in [-0.05, 0) is 55.0 Å². The molecule has 0 saturated heterocycles. The first-order valence-electron chi connectivity index (χ1n) is 12.1. The Labute approximate surface area is 206 Å². The number of nitrogens with one attached hydrogen (secondary N) is 2. The number of hydrogen-bond acceptors (Lipinski definition) is 5. The summed E-state index contributed by atoms with van der Waals surface area (Å²) in [6, 6.07) is 11.8. The number of methoxy groups -OCH3 is 1. The summed E-state index contributed by atoms with van der Waals surface area (Å²) in [5.41, 5.74) is 2.11. The number of rotatable bonds is 10. The summed E-state index contributed by atoms with van der Waals surface area (Å²) in [5.74, 6) is 0.868. The second kappa shape index (κ2) is 10.4. The SMILES string of the molecule is COc1cc(C(C)NC(=O)CNC(=O)C2c3ccccc3C(=O)N2C2CC2)ccc1OCC(C)C. The van der Waals surface area contributed by atoms with E-state index in [4.69, 9.17) is 9.47 Å². The average Bonchev–Trinajstić information content (AvgIpc) is 3.64. The molecule has 186 valence electrons. The normalized spacial score (nSPS) is 17.7. The maximum absolute atomic E-state index is 13.1. The third-order valence-electron chi connectivity index (χ3n) is 6.25. The molecule has 35 heavy (non-hydrogen) atoms. The van der Waals surface area contributed by atoms with Crippen molar-refractivity contribution in [1.82, 2.24) is 15.5 Å². The highest BCUT2D eigenvalue weighted by atomic mass is 16.5. The standard InChI is InChI=1S/C27H33N3O5/c1-16(2)15-35-22-12-9-18(13-23(22)34-4)17(3)29-24(31)14-28-26(32)25-20-7-5-6-8-21(20)27(33)30(25)19-10-11-19/h5-9,12-13,16-17,19,25H,10-11,14-15H2,1-4H3,(H,28,32)(H,29,31). The molecular weight excluding hydrogens is 446 g/mol. The number of amides is 3. The van der Waals surface area contributed by atoms with E-state index in [1.54, 1.807) is 24.1 Å². The fourth-order valence-electron chi connectivity index (χ4n) is 4.30. The molecular formula is C27H33N3O5. The van der Waals surface area contributed by atoms with Crippen molar-refractivity contribution >= 4 is 17.7 Å². The lowest BCUT2D eigenvalue weighted by molar-refractivity contribution is -0.129. The van der Waals surface area contributed by atoms with Crippen LogP contribution >= 0.6 is 0 Å². The van der Waals surface area contributed by atoms with Gasteiger partial charge in [-0.25, -0.2) is 0 Å². The fourth-order valence-corrected chi connectivity index (χ4v) is 4.30. The molecule has 2 atom stereocenters. The lowest BCUT2D eigenvalue weighted by Crippen LogP contribution is -2.44. The van der Waals surface area contributed by atoms with Gasteiger partial charge in [-0.15, -0.1) is 0 Å². The van der Waals surface area contributed by atoms with E-state index in [-0.39, 0.29) is 36.3 Å². The average molecular weight is 480 g/mol. The highest BCUT2D eigenvalue weighted by Crippen LogP contribution is 2.41. The molecule has 0 aromatic heterocycles. The first-order chi connectivity index (χ1) is 16.8. The zero-order chi connectivity index (χ0) is 25.1. The number of carbonyl (C=O) groups excluding carboxylic acids is 3. The monoisotopic (exact) mass is 479 g/mol. The number of nitrogens with zero attached hydrogens (tertiary/aromatic N) is 1. The van der Waals surface area contributed by atoms with Crippen LogP contribution in [0.15, 0.2) is 42.5 Å². The van der Waals surface area contributed by atoms with Crippen LogP contribution < -0.4 is 20.1 Å². The third kappa shape index (κ3) is 5.42. The first-order valence-corrected chi connectivity index (χ1v) is 12.1. The number of ether oxygens (including phenoxy) is 2. The molecule has 2 aromatic carbocycles. The minimum Gasteiger partial charge on any atom is -0.493 e. The summed E-state index contributed by atoms with van der Waals surface area (Å²) in [5, 5.41) is 5.63. The predicted molar refractivity (Wildman–Crippen MR) is 131 cm³/mol. The van der Waals surface area contributed by atoms with Gasteiger partial charge in [0.1, 0.15) is 6.04 Å². The highest BCUT2D eigenvalue weighted by Gasteiger charge is 2.47. The van der Waals surface area contributed by atoms with Crippen LogP contribution in [0.2, 0.25) is 0 Å². The minimum absolute atomic E-state index is 0.0852. The Bertz CT molecular complexity index is 1110. The largest absolute Gasteiger partial charge is 0.493 e.